The number of nitrogens with one attached hydrogen (secondary N) is 1. The Labute approximate surface area is 202 Å². The van der Waals surface area contributed by atoms with Crippen LogP contribution in [0.25, 0.3) is 17.1 Å². The van der Waals surface area contributed by atoms with Gasteiger partial charge in [0.1, 0.15) is 5.00 Å². The number of benzene rings is 2. The molecule has 3 heterocycles. The Morgan fingerprint density at radius 3 is 2.71 bits per heavy atom. The maximum absolute atomic E-state index is 12.9. The molecule has 34 heavy (non-hydrogen) atoms. The van der Waals surface area contributed by atoms with Crippen LogP contribution >= 0.6 is 23.1 Å². The Morgan fingerprint density at radius 2 is 1.91 bits per heavy atom. The number of hydrogen-bond donors (Lipinski definition) is 2. The van der Waals surface area contributed by atoms with Gasteiger partial charge in [-0.05, 0) is 48.7 Å². The lowest BCUT2D eigenvalue weighted by Crippen LogP contribution is -2.24. The minimum atomic E-state index is -0.589. The zero-order valence-corrected chi connectivity index (χ0v) is 19.6. The molecule has 2 aromatic heterocycles. The van der Waals surface area contributed by atoms with E-state index in [0.717, 1.165) is 11.3 Å². The summed E-state index contributed by atoms with van der Waals surface area (Å²) in [5, 5.41) is 13.7. The molecule has 11 heteroatoms. The number of anilines is 1. The number of thiophene rings is 1. The van der Waals surface area contributed by atoms with Crippen molar-refractivity contribution < 1.29 is 19.1 Å². The monoisotopic (exact) mass is 493 g/mol. The molecule has 0 saturated heterocycles. The number of thioether (sulfide) groups is 1. The van der Waals surface area contributed by atoms with Crippen LogP contribution in [-0.4, -0.2) is 38.6 Å². The number of ether oxygens (including phenoxy) is 2. The van der Waals surface area contributed by atoms with Crippen LogP contribution in [0.4, 0.5) is 5.00 Å². The molecule has 5 rings (SSSR count). The zero-order chi connectivity index (χ0) is 23.7. The van der Waals surface area contributed by atoms with Crippen LogP contribution in [-0.2, 0) is 4.79 Å². The Hall–Kier alpha value is -3.83. The van der Waals surface area contributed by atoms with Crippen LogP contribution in [0.5, 0.6) is 11.5 Å². The van der Waals surface area contributed by atoms with Gasteiger partial charge in [0.05, 0.1) is 10.8 Å². The molecule has 1 aliphatic rings. The third-order valence-electron chi connectivity index (χ3n) is 5.10. The van der Waals surface area contributed by atoms with Crippen molar-refractivity contribution >= 4 is 39.9 Å². The fourth-order valence-corrected chi connectivity index (χ4v) is 5.07. The Bertz CT molecular complexity index is 1370. The summed E-state index contributed by atoms with van der Waals surface area (Å²) >= 11 is 2.50. The van der Waals surface area contributed by atoms with E-state index in [0.29, 0.717) is 27.5 Å². The van der Waals surface area contributed by atoms with E-state index in [9.17, 15) is 9.59 Å². The molecule has 0 radical (unpaired) electrons. The summed E-state index contributed by atoms with van der Waals surface area (Å²) in [4.78, 5) is 24.4. The van der Waals surface area contributed by atoms with E-state index in [4.69, 9.17) is 15.2 Å². The van der Waals surface area contributed by atoms with Crippen molar-refractivity contribution in [1.82, 2.24) is 14.8 Å². The Kier molecular flexibility index (Phi) is 5.95. The summed E-state index contributed by atoms with van der Waals surface area (Å²) in [7, 11) is 0. The van der Waals surface area contributed by atoms with Gasteiger partial charge in [-0.15, -0.1) is 21.5 Å². The van der Waals surface area contributed by atoms with Gasteiger partial charge in [0, 0.05) is 11.3 Å². The summed E-state index contributed by atoms with van der Waals surface area (Å²) in [6.45, 7) is 1.95. The maximum Gasteiger partial charge on any atom is 0.251 e. The van der Waals surface area contributed by atoms with E-state index >= 15 is 0 Å². The number of fused-ring (bicyclic) bond motifs is 1. The minimum Gasteiger partial charge on any atom is -0.454 e. The third-order valence-corrected chi connectivity index (χ3v) is 6.97. The van der Waals surface area contributed by atoms with Crippen LogP contribution < -0.4 is 20.5 Å². The fourth-order valence-electron chi connectivity index (χ4n) is 3.40. The molecule has 0 spiro atoms. The average Bonchev–Trinajstić information content (AvgIpc) is 3.58. The fraction of sp³-hybridized carbons (Fsp3) is 0.130. The van der Waals surface area contributed by atoms with Crippen molar-refractivity contribution in [1.29, 1.82) is 0 Å². The van der Waals surface area contributed by atoms with E-state index in [2.05, 4.69) is 15.5 Å². The van der Waals surface area contributed by atoms with Crippen molar-refractivity contribution in [3.63, 3.8) is 0 Å². The summed E-state index contributed by atoms with van der Waals surface area (Å²) < 4.78 is 12.8. The van der Waals surface area contributed by atoms with Crippen LogP contribution in [0.3, 0.4) is 0 Å². The number of nitrogens with zero attached hydrogens (tertiary/aromatic N) is 3. The second-order valence-corrected chi connectivity index (χ2v) is 9.55. The molecular weight excluding hydrogens is 474 g/mol. The first kappa shape index (κ1) is 22.0. The normalized spacial score (nSPS) is 13.0. The standard InChI is InChI=1S/C23H19N5O4S2/c1-13(21(30)25-22-16(19(24)29)9-10-33-22)34-23-27-26-20(28(23)15-5-3-2-4-6-15)14-7-8-17-18(11-14)32-12-31-17/h2-11,13H,12H2,1H3,(H2,24,29)(H,25,30). The van der Waals surface area contributed by atoms with Gasteiger partial charge in [-0.25, -0.2) is 0 Å². The predicted octanol–water partition coefficient (Wildman–Crippen LogP) is 3.94. The zero-order valence-electron chi connectivity index (χ0n) is 17.9. The maximum atomic E-state index is 12.9. The first-order valence-electron chi connectivity index (χ1n) is 10.3. The smallest absolute Gasteiger partial charge is 0.251 e. The van der Waals surface area contributed by atoms with E-state index < -0.39 is 11.2 Å². The average molecular weight is 494 g/mol. The molecule has 0 aliphatic carbocycles. The third kappa shape index (κ3) is 4.22. The molecule has 2 aromatic carbocycles. The number of aromatic nitrogens is 3. The summed E-state index contributed by atoms with van der Waals surface area (Å²) in [6.07, 6.45) is 0. The van der Waals surface area contributed by atoms with Gasteiger partial charge in [-0.3, -0.25) is 14.2 Å². The van der Waals surface area contributed by atoms with Crippen LogP contribution in [0, 0.1) is 0 Å². The Balaban J connectivity index is 1.45. The van der Waals surface area contributed by atoms with Gasteiger partial charge in [-0.2, -0.15) is 0 Å². The molecule has 172 valence electrons. The van der Waals surface area contributed by atoms with Crippen LogP contribution in [0.2, 0.25) is 0 Å². The predicted molar refractivity (Wildman–Crippen MR) is 130 cm³/mol. The minimum absolute atomic E-state index is 0.180. The van der Waals surface area contributed by atoms with Crippen molar-refractivity contribution in [3.05, 3.63) is 65.5 Å². The van der Waals surface area contributed by atoms with Gasteiger partial charge in [0.2, 0.25) is 12.7 Å². The second-order valence-electron chi connectivity index (χ2n) is 7.32. The van der Waals surface area contributed by atoms with Crippen LogP contribution in [0.1, 0.15) is 17.3 Å². The quantitative estimate of drug-likeness (QED) is 0.374. The first-order valence-corrected chi connectivity index (χ1v) is 12.0. The first-order chi connectivity index (χ1) is 16.5. The molecule has 4 aromatic rings. The van der Waals surface area contributed by atoms with Crippen molar-refractivity contribution in [2.24, 2.45) is 5.73 Å². The van der Waals surface area contributed by atoms with E-state index in [-0.39, 0.29) is 18.3 Å². The lowest BCUT2D eigenvalue weighted by Gasteiger charge is -2.14. The van der Waals surface area contributed by atoms with Crippen molar-refractivity contribution in [2.45, 2.75) is 17.3 Å². The molecule has 1 aliphatic heterocycles. The summed E-state index contributed by atoms with van der Waals surface area (Å²) in [6, 6.07) is 16.8. The number of carbonyl (C=O) groups is 2. The van der Waals surface area contributed by atoms with Crippen molar-refractivity contribution in [2.75, 3.05) is 12.1 Å². The molecule has 3 N–H and O–H groups in total. The Morgan fingerprint density at radius 1 is 1.12 bits per heavy atom. The molecule has 0 fully saturated rings. The largest absolute Gasteiger partial charge is 0.454 e. The van der Waals surface area contributed by atoms with Crippen molar-refractivity contribution in [3.8, 4) is 28.6 Å². The molecule has 0 bridgehead atoms. The number of amides is 2. The second kappa shape index (κ2) is 9.20. The highest BCUT2D eigenvalue weighted by molar-refractivity contribution is 8.00. The van der Waals surface area contributed by atoms with Gasteiger partial charge < -0.3 is 20.5 Å². The van der Waals surface area contributed by atoms with E-state index in [1.165, 1.54) is 23.1 Å². The van der Waals surface area contributed by atoms with E-state index in [1.54, 1.807) is 18.4 Å². The molecule has 1 unspecified atom stereocenters. The van der Waals surface area contributed by atoms with Crippen LogP contribution in [0.15, 0.2) is 65.1 Å². The highest BCUT2D eigenvalue weighted by atomic mass is 32.2. The highest BCUT2D eigenvalue weighted by Crippen LogP contribution is 2.37. The SMILES string of the molecule is CC(Sc1nnc(-c2ccc3c(c2)OCO3)n1-c1ccccc1)C(=O)Nc1sccc1C(N)=O. The number of para-hydroxylation sites is 1. The summed E-state index contributed by atoms with van der Waals surface area (Å²) in [5.74, 6) is 1.06. The lowest BCUT2D eigenvalue weighted by atomic mass is 10.2. The lowest BCUT2D eigenvalue weighted by molar-refractivity contribution is -0.115. The van der Waals surface area contributed by atoms with Gasteiger partial charge in [0.15, 0.2) is 22.5 Å². The number of hydrogen-bond acceptors (Lipinski definition) is 8. The topological polar surface area (TPSA) is 121 Å². The highest BCUT2D eigenvalue weighted by Gasteiger charge is 2.24. The number of carbonyl (C=O) groups excluding carboxylic acids is 2. The molecule has 2 amide bonds. The van der Waals surface area contributed by atoms with Gasteiger partial charge in [0.25, 0.3) is 5.91 Å². The van der Waals surface area contributed by atoms with E-state index in [1.807, 2.05) is 53.1 Å². The number of nitrogens with two attached hydrogens (primary N) is 1. The molecule has 1 atom stereocenters. The number of rotatable bonds is 7. The summed E-state index contributed by atoms with van der Waals surface area (Å²) in [5.41, 5.74) is 7.32. The molecule has 9 nitrogen and oxygen atoms in total. The van der Waals surface area contributed by atoms with Gasteiger partial charge >= 0.3 is 0 Å². The molecular formula is C23H19N5O4S2. The number of primary amides is 1. The molecule has 0 saturated carbocycles. The van der Waals surface area contributed by atoms with Gasteiger partial charge in [-0.1, -0.05) is 30.0 Å².